The van der Waals surface area contributed by atoms with E-state index in [1.807, 2.05) is 6.26 Å². The van der Waals surface area contributed by atoms with E-state index in [1.54, 1.807) is 25.6 Å². The van der Waals surface area contributed by atoms with E-state index in [-0.39, 0.29) is 18.1 Å². The molecule has 8 N–H and O–H groups in total. The van der Waals surface area contributed by atoms with Crippen molar-refractivity contribution in [3.05, 3.63) is 0 Å². The molecule has 0 saturated heterocycles. The minimum Gasteiger partial charge on any atom is -0.480 e. The lowest BCUT2D eigenvalue weighted by Gasteiger charge is -2.26. The molecule has 3 amide bonds. The molecular formula is C19H37N5O5S2. The maximum atomic E-state index is 12.7. The van der Waals surface area contributed by atoms with Crippen LogP contribution in [0.15, 0.2) is 0 Å². The number of rotatable bonds is 16. The number of carboxylic acid groups (broad SMARTS) is 1. The van der Waals surface area contributed by atoms with Crippen molar-refractivity contribution in [3.63, 3.8) is 0 Å². The van der Waals surface area contributed by atoms with Crippen LogP contribution in [0.1, 0.15) is 39.5 Å². The van der Waals surface area contributed by atoms with Crippen LogP contribution in [0.3, 0.4) is 0 Å². The molecule has 0 aliphatic rings. The van der Waals surface area contributed by atoms with E-state index >= 15 is 0 Å². The number of unbranched alkanes of at least 4 members (excludes halogenated alkanes) is 1. The van der Waals surface area contributed by atoms with Crippen LogP contribution in [-0.4, -0.2) is 77.3 Å². The number of nitrogens with one attached hydrogen (secondary N) is 3. The molecule has 0 aromatic heterocycles. The Balaban J connectivity index is 5.07. The van der Waals surface area contributed by atoms with Gasteiger partial charge in [-0.3, -0.25) is 14.4 Å². The first kappa shape index (κ1) is 29.5. The maximum Gasteiger partial charge on any atom is 0.326 e. The van der Waals surface area contributed by atoms with E-state index in [1.165, 1.54) is 0 Å². The smallest absolute Gasteiger partial charge is 0.326 e. The molecule has 0 aliphatic carbocycles. The highest BCUT2D eigenvalue weighted by Crippen LogP contribution is 2.07. The molecule has 0 heterocycles. The fraction of sp³-hybridized carbons (Fsp3) is 0.789. The van der Waals surface area contributed by atoms with Crippen LogP contribution in [-0.2, 0) is 19.2 Å². The van der Waals surface area contributed by atoms with Gasteiger partial charge in [0.1, 0.15) is 18.1 Å². The van der Waals surface area contributed by atoms with E-state index < -0.39 is 47.9 Å². The zero-order valence-corrected chi connectivity index (χ0v) is 20.1. The van der Waals surface area contributed by atoms with Crippen molar-refractivity contribution in [3.8, 4) is 0 Å². The first-order valence-electron chi connectivity index (χ1n) is 10.3. The molecule has 31 heavy (non-hydrogen) atoms. The lowest BCUT2D eigenvalue weighted by atomic mass is 10.0. The van der Waals surface area contributed by atoms with Gasteiger partial charge >= 0.3 is 5.97 Å². The minimum atomic E-state index is -1.15. The number of hydrogen-bond acceptors (Lipinski definition) is 8. The largest absolute Gasteiger partial charge is 0.480 e. The maximum absolute atomic E-state index is 12.7. The second kappa shape index (κ2) is 16.2. The van der Waals surface area contributed by atoms with Crippen LogP contribution < -0.4 is 27.4 Å². The lowest BCUT2D eigenvalue weighted by molar-refractivity contribution is -0.142. The average molecular weight is 480 g/mol. The van der Waals surface area contributed by atoms with Crippen LogP contribution in [0, 0.1) is 5.92 Å². The highest BCUT2D eigenvalue weighted by molar-refractivity contribution is 7.98. The van der Waals surface area contributed by atoms with E-state index in [4.69, 9.17) is 11.5 Å². The van der Waals surface area contributed by atoms with Gasteiger partial charge < -0.3 is 32.5 Å². The third-order valence-corrected chi connectivity index (χ3v) is 5.60. The predicted molar refractivity (Wildman–Crippen MR) is 126 cm³/mol. The number of hydrogen-bond donors (Lipinski definition) is 7. The zero-order valence-electron chi connectivity index (χ0n) is 18.4. The second-order valence-corrected chi connectivity index (χ2v) is 8.90. The number of nitrogens with two attached hydrogens (primary N) is 2. The third kappa shape index (κ3) is 11.6. The van der Waals surface area contributed by atoms with Crippen molar-refractivity contribution in [2.24, 2.45) is 17.4 Å². The monoisotopic (exact) mass is 479 g/mol. The topological polar surface area (TPSA) is 177 Å². The molecule has 0 rings (SSSR count). The summed E-state index contributed by atoms with van der Waals surface area (Å²) in [6.07, 6.45) is 3.80. The zero-order chi connectivity index (χ0) is 24.0. The Morgan fingerprint density at radius 2 is 1.58 bits per heavy atom. The molecule has 10 nitrogen and oxygen atoms in total. The number of amides is 3. The molecule has 0 bridgehead atoms. The van der Waals surface area contributed by atoms with Crippen LogP contribution in [0.4, 0.5) is 0 Å². The summed E-state index contributed by atoms with van der Waals surface area (Å²) in [7, 11) is 0. The molecule has 0 aromatic rings. The summed E-state index contributed by atoms with van der Waals surface area (Å²) in [5.74, 6) is -2.43. The van der Waals surface area contributed by atoms with Gasteiger partial charge in [0, 0.05) is 5.75 Å². The SMILES string of the molecule is CSCCC(N)C(=O)NC(CS)C(=O)NC(C(=O)NC(CCCCN)C(=O)O)C(C)C. The summed E-state index contributed by atoms with van der Waals surface area (Å²) in [6, 6.07) is -3.79. The molecule has 4 atom stereocenters. The first-order valence-corrected chi connectivity index (χ1v) is 12.3. The third-order valence-electron chi connectivity index (χ3n) is 4.59. The highest BCUT2D eigenvalue weighted by Gasteiger charge is 2.31. The Bertz CT molecular complexity index is 594. The molecule has 180 valence electrons. The van der Waals surface area contributed by atoms with Crippen molar-refractivity contribution < 1.29 is 24.3 Å². The molecule has 0 saturated carbocycles. The Morgan fingerprint density at radius 1 is 0.968 bits per heavy atom. The van der Waals surface area contributed by atoms with Crippen LogP contribution in [0.25, 0.3) is 0 Å². The number of thioether (sulfide) groups is 1. The lowest BCUT2D eigenvalue weighted by Crippen LogP contribution is -2.59. The molecule has 0 aliphatic heterocycles. The molecular weight excluding hydrogens is 442 g/mol. The average Bonchev–Trinajstić information content (AvgIpc) is 2.72. The van der Waals surface area contributed by atoms with E-state index in [2.05, 4.69) is 28.6 Å². The normalized spacial score (nSPS) is 14.9. The number of carboxylic acids is 1. The van der Waals surface area contributed by atoms with Gasteiger partial charge in [-0.25, -0.2) is 4.79 Å². The molecule has 0 radical (unpaired) electrons. The number of carbonyl (C=O) groups excluding carboxylic acids is 3. The summed E-state index contributed by atoms with van der Waals surface area (Å²) in [6.45, 7) is 3.88. The molecule has 0 fully saturated rings. The summed E-state index contributed by atoms with van der Waals surface area (Å²) in [5, 5.41) is 17.0. The van der Waals surface area contributed by atoms with Crippen molar-refractivity contribution in [1.29, 1.82) is 0 Å². The number of aliphatic carboxylic acids is 1. The van der Waals surface area contributed by atoms with E-state index in [0.29, 0.717) is 31.6 Å². The van der Waals surface area contributed by atoms with Crippen molar-refractivity contribution in [2.45, 2.75) is 63.7 Å². The van der Waals surface area contributed by atoms with Crippen molar-refractivity contribution in [1.82, 2.24) is 16.0 Å². The van der Waals surface area contributed by atoms with Gasteiger partial charge in [0.15, 0.2) is 0 Å². The number of carbonyl (C=O) groups is 4. The fourth-order valence-electron chi connectivity index (χ4n) is 2.65. The van der Waals surface area contributed by atoms with Crippen LogP contribution in [0.5, 0.6) is 0 Å². The van der Waals surface area contributed by atoms with E-state index in [0.717, 1.165) is 0 Å². The Kier molecular flexibility index (Phi) is 15.4. The molecule has 0 spiro atoms. The van der Waals surface area contributed by atoms with Gasteiger partial charge in [-0.2, -0.15) is 24.4 Å². The van der Waals surface area contributed by atoms with Crippen LogP contribution >= 0.6 is 24.4 Å². The molecule has 4 unspecified atom stereocenters. The molecule has 12 heteroatoms. The molecule has 0 aromatic carbocycles. The first-order chi connectivity index (χ1) is 14.6. The second-order valence-electron chi connectivity index (χ2n) is 7.55. The van der Waals surface area contributed by atoms with Gasteiger partial charge in [0.05, 0.1) is 6.04 Å². The van der Waals surface area contributed by atoms with Crippen molar-refractivity contribution in [2.75, 3.05) is 24.3 Å². The van der Waals surface area contributed by atoms with Gasteiger partial charge in [0.25, 0.3) is 0 Å². The fourth-order valence-corrected chi connectivity index (χ4v) is 3.40. The highest BCUT2D eigenvalue weighted by atomic mass is 32.2. The minimum absolute atomic E-state index is 0.0100. The van der Waals surface area contributed by atoms with Gasteiger partial charge in [-0.15, -0.1) is 0 Å². The summed E-state index contributed by atoms with van der Waals surface area (Å²) >= 11 is 5.67. The summed E-state index contributed by atoms with van der Waals surface area (Å²) in [4.78, 5) is 49.0. The Hall–Kier alpha value is -1.50. The predicted octanol–water partition coefficient (Wildman–Crippen LogP) is -0.679. The Labute approximate surface area is 193 Å². The van der Waals surface area contributed by atoms with E-state index in [9.17, 15) is 24.3 Å². The van der Waals surface area contributed by atoms with Gasteiger partial charge in [-0.1, -0.05) is 13.8 Å². The standard InChI is InChI=1S/C19H37N5O5S2/c1-11(2)15(18(27)22-13(19(28)29)6-4-5-8-20)24-17(26)14(10-30)23-16(25)12(21)7-9-31-3/h11-15,30H,4-10,20-21H2,1-3H3,(H,22,27)(H,23,25)(H,24,26)(H,28,29). The van der Waals surface area contributed by atoms with Crippen molar-refractivity contribution >= 4 is 48.1 Å². The van der Waals surface area contributed by atoms with Gasteiger partial charge in [-0.05, 0) is 50.2 Å². The number of thiol groups is 1. The Morgan fingerprint density at radius 3 is 2.06 bits per heavy atom. The van der Waals surface area contributed by atoms with Gasteiger partial charge in [0.2, 0.25) is 17.7 Å². The quantitative estimate of drug-likeness (QED) is 0.112. The summed E-state index contributed by atoms with van der Waals surface area (Å²) < 4.78 is 0. The summed E-state index contributed by atoms with van der Waals surface area (Å²) in [5.41, 5.74) is 11.3. The van der Waals surface area contributed by atoms with Crippen LogP contribution in [0.2, 0.25) is 0 Å².